The average Bonchev–Trinajstić information content (AvgIpc) is 3.10. The first-order valence-corrected chi connectivity index (χ1v) is 17.6. The summed E-state index contributed by atoms with van der Waals surface area (Å²) in [5, 5.41) is 14.1. The molecule has 1 aliphatic carbocycles. The van der Waals surface area contributed by atoms with Gasteiger partial charge in [0, 0.05) is 17.8 Å². The normalized spacial score (nSPS) is 17.3. The van der Waals surface area contributed by atoms with Gasteiger partial charge in [0.1, 0.15) is 21.7 Å². The van der Waals surface area contributed by atoms with E-state index in [4.69, 9.17) is 4.99 Å². The first-order valence-electron chi connectivity index (χ1n) is 16.1. The Morgan fingerprint density at radius 2 is 1.20 bits per heavy atom. The van der Waals surface area contributed by atoms with Gasteiger partial charge in [-0.2, -0.15) is 43.3 Å². The Hall–Kier alpha value is -3.51. The molecule has 1 saturated carbocycles. The van der Waals surface area contributed by atoms with Crippen LogP contribution < -0.4 is 15.9 Å². The summed E-state index contributed by atoms with van der Waals surface area (Å²) in [5.74, 6) is 2.18. The fourth-order valence-corrected chi connectivity index (χ4v) is 8.56. The van der Waals surface area contributed by atoms with Crippen molar-refractivity contribution in [3.05, 3.63) is 164 Å². The van der Waals surface area contributed by atoms with E-state index in [-0.39, 0.29) is 16.5 Å². The Morgan fingerprint density at radius 3 is 1.61 bits per heavy atom. The summed E-state index contributed by atoms with van der Waals surface area (Å²) in [7, 11) is -0.877. The molecule has 0 bridgehead atoms. The molecule has 2 unspecified atom stereocenters. The zero-order chi connectivity index (χ0) is 31.7. The Bertz CT molecular complexity index is 1390. The zero-order valence-electron chi connectivity index (χ0n) is 27.2. The van der Waals surface area contributed by atoms with Crippen LogP contribution in [0.4, 0.5) is 0 Å². The molecule has 1 aliphatic rings. The third-order valence-corrected chi connectivity index (χ3v) is 11.1. The number of phenolic OH excluding ortho intramolecular Hbond substituents is 1. The monoisotopic (exact) mass is 670 g/mol. The predicted molar refractivity (Wildman–Crippen MR) is 197 cm³/mol. The maximum atomic E-state index is 9.84. The van der Waals surface area contributed by atoms with Crippen LogP contribution in [0.15, 0.2) is 151 Å². The molecule has 0 heterocycles. The van der Waals surface area contributed by atoms with Gasteiger partial charge >= 0.3 is 16.5 Å². The van der Waals surface area contributed by atoms with Crippen molar-refractivity contribution in [3.63, 3.8) is 0 Å². The van der Waals surface area contributed by atoms with Gasteiger partial charge in [0.2, 0.25) is 0 Å². The number of hydrogen-bond acceptors (Lipinski definition) is 2. The number of aliphatic imine (C=N–C) groups is 1. The smallest absolute Gasteiger partial charge is 0.507 e. The molecule has 46 heavy (non-hydrogen) atoms. The fraction of sp³-hybridized carbons (Fsp3) is 0.238. The fourth-order valence-electron chi connectivity index (χ4n) is 5.98. The third kappa shape index (κ3) is 11.4. The standard InChI is InChI=1S/C18H26NO.C18H15P.C6H5.Ni/c1-4-14-9-7-10-16(13(2)3)18(14)19-12-15-8-5-6-11-17(15)20;1-4-10-16(11-5-1)19(17-12-6-2-7-13-17)18-14-8-3-9-15-18;1-2-4-6-5-3-1;/h4-6,8,11-14,16,18,20H,7,9-10H2,1-3H3;1-15H;1-5H;/q-1;;-1;+2/p+1/t14?,16-,18?;;;/m1.../s1. The van der Waals surface area contributed by atoms with Gasteiger partial charge in [0.15, 0.2) is 0 Å². The van der Waals surface area contributed by atoms with Crippen LogP contribution in [0.5, 0.6) is 5.75 Å². The van der Waals surface area contributed by atoms with Gasteiger partial charge in [0.05, 0.1) is 7.92 Å². The topological polar surface area (TPSA) is 32.6 Å². The minimum atomic E-state index is -0.877. The van der Waals surface area contributed by atoms with Crippen LogP contribution >= 0.6 is 7.92 Å². The van der Waals surface area contributed by atoms with Crippen LogP contribution in [0.25, 0.3) is 0 Å². The van der Waals surface area contributed by atoms with Gasteiger partial charge < -0.3 is 11.5 Å². The Kier molecular flexibility index (Phi) is 16.5. The molecule has 3 atom stereocenters. The van der Waals surface area contributed by atoms with Gasteiger partial charge in [0.25, 0.3) is 0 Å². The molecule has 1 N–H and O–H groups in total. The summed E-state index contributed by atoms with van der Waals surface area (Å²) in [6.07, 6.45) is 7.98. The summed E-state index contributed by atoms with van der Waals surface area (Å²) < 4.78 is 0. The van der Waals surface area contributed by atoms with Gasteiger partial charge in [-0.15, -0.1) is 5.92 Å². The zero-order valence-corrected chi connectivity index (χ0v) is 29.1. The molecule has 1 fully saturated rings. The summed E-state index contributed by atoms with van der Waals surface area (Å²) >= 11 is 0. The van der Waals surface area contributed by atoms with E-state index in [2.05, 4.69) is 124 Å². The minimum Gasteiger partial charge on any atom is -0.507 e. The van der Waals surface area contributed by atoms with Crippen molar-refractivity contribution in [2.45, 2.75) is 46.1 Å². The van der Waals surface area contributed by atoms with E-state index >= 15 is 0 Å². The number of benzene rings is 5. The molecule has 0 amide bonds. The minimum absolute atomic E-state index is 0. The number of para-hydroxylation sites is 1. The van der Waals surface area contributed by atoms with E-state index in [1.165, 1.54) is 35.2 Å². The van der Waals surface area contributed by atoms with Crippen LogP contribution in [0, 0.1) is 30.2 Å². The quantitative estimate of drug-likeness (QED) is 0.0797. The van der Waals surface area contributed by atoms with Crippen molar-refractivity contribution in [2.75, 3.05) is 0 Å². The molecule has 5 aromatic rings. The number of nitrogens with zero attached hydrogens (tertiary/aromatic N) is 1. The van der Waals surface area contributed by atoms with Crippen molar-refractivity contribution in [2.24, 2.45) is 22.7 Å². The second-order valence-electron chi connectivity index (χ2n) is 11.7. The van der Waals surface area contributed by atoms with Crippen molar-refractivity contribution in [1.29, 1.82) is 0 Å². The van der Waals surface area contributed by atoms with Crippen molar-refractivity contribution in [1.82, 2.24) is 0 Å². The third-order valence-electron chi connectivity index (χ3n) is 8.35. The van der Waals surface area contributed by atoms with Crippen molar-refractivity contribution in [3.8, 4) is 5.75 Å². The van der Waals surface area contributed by atoms with Crippen LogP contribution in [-0.4, -0.2) is 17.4 Å². The van der Waals surface area contributed by atoms with E-state index in [0.29, 0.717) is 29.5 Å². The second kappa shape index (κ2) is 20.6. The van der Waals surface area contributed by atoms with Crippen molar-refractivity contribution < 1.29 is 21.6 Å². The molecule has 4 heteroatoms. The molecular formula is C42H47NNiOP+. The Labute approximate surface area is 288 Å². The molecule has 2 nitrogen and oxygen atoms in total. The first-order chi connectivity index (χ1) is 22.1. The summed E-state index contributed by atoms with van der Waals surface area (Å²) in [6.45, 7) is 6.74. The van der Waals surface area contributed by atoms with E-state index in [0.717, 1.165) is 5.56 Å². The summed E-state index contributed by atoms with van der Waals surface area (Å²) in [4.78, 5) is 4.85. The molecule has 0 saturated heterocycles. The van der Waals surface area contributed by atoms with Gasteiger partial charge in [-0.1, -0.05) is 93.4 Å². The maximum absolute atomic E-state index is 9.84. The molecule has 0 aromatic heterocycles. The second-order valence-corrected chi connectivity index (χ2v) is 14.2. The van der Waals surface area contributed by atoms with Crippen LogP contribution in [0.1, 0.15) is 45.6 Å². The molecule has 0 aliphatic heterocycles. The molecule has 5 aromatic carbocycles. The Balaban J connectivity index is 0.000000208. The summed E-state index contributed by atoms with van der Waals surface area (Å²) in [5.41, 5.74) is 0.815. The predicted octanol–water partition coefficient (Wildman–Crippen LogP) is 9.14. The molecular weight excluding hydrogens is 624 g/mol. The van der Waals surface area contributed by atoms with Crippen LogP contribution in [-0.2, 0) is 16.5 Å². The maximum Gasteiger partial charge on any atom is 2.00 e. The van der Waals surface area contributed by atoms with E-state index < -0.39 is 7.92 Å². The first kappa shape index (κ1) is 37.0. The van der Waals surface area contributed by atoms with Gasteiger partial charge in [-0.25, -0.2) is 0 Å². The van der Waals surface area contributed by atoms with Crippen LogP contribution in [0.3, 0.4) is 0 Å². The number of aromatic hydroxyl groups is 1. The molecule has 0 radical (unpaired) electrons. The number of hydrogen-bond donors (Lipinski definition) is 1. The number of phenols is 1. The average molecular weight is 672 g/mol. The van der Waals surface area contributed by atoms with E-state index in [1.807, 2.05) is 54.7 Å². The molecule has 0 spiro atoms. The summed E-state index contributed by atoms with van der Waals surface area (Å²) in [6, 6.07) is 52.8. The largest absolute Gasteiger partial charge is 2.00 e. The molecule has 6 rings (SSSR count). The SMILES string of the molecule is C[CH-]C1CCC[C@H](C(C)C)C1N=Cc1ccccc1O.[Ni+2].[c-]1ccccc1.c1ccc([PH+](c2ccccc2)c2ccccc2)cc1. The van der Waals surface area contributed by atoms with Crippen molar-refractivity contribution >= 4 is 30.0 Å². The van der Waals surface area contributed by atoms with E-state index in [1.54, 1.807) is 6.07 Å². The van der Waals surface area contributed by atoms with E-state index in [9.17, 15) is 5.11 Å². The molecule has 240 valence electrons. The van der Waals surface area contributed by atoms with Crippen LogP contribution in [0.2, 0.25) is 0 Å². The number of rotatable bonds is 7. The van der Waals surface area contributed by atoms with Gasteiger partial charge in [-0.05, 0) is 66.8 Å². The van der Waals surface area contributed by atoms with Gasteiger partial charge in [-0.3, -0.25) is 4.99 Å². The Morgan fingerprint density at radius 1 is 0.717 bits per heavy atom.